The molecule has 0 spiro atoms. The summed E-state index contributed by atoms with van der Waals surface area (Å²) in [6.07, 6.45) is -3.32. The van der Waals surface area contributed by atoms with Gasteiger partial charge in [0.25, 0.3) is 15.9 Å². The molecule has 4 heterocycles. The number of alkyl halides is 3. The van der Waals surface area contributed by atoms with Gasteiger partial charge in [-0.3, -0.25) is 4.79 Å². The number of aromatic nitrogens is 3. The van der Waals surface area contributed by atoms with Crippen molar-refractivity contribution in [3.05, 3.63) is 60.0 Å². The highest BCUT2D eigenvalue weighted by Crippen LogP contribution is 2.57. The summed E-state index contributed by atoms with van der Waals surface area (Å²) in [5.74, 6) is -1.63. The lowest BCUT2D eigenvalue weighted by Gasteiger charge is -2.45. The fraction of sp³-hybridized carbons (Fsp3) is 0.444. The second-order valence-corrected chi connectivity index (χ2v) is 13.3. The van der Waals surface area contributed by atoms with Crippen LogP contribution in [0.25, 0.3) is 5.82 Å². The zero-order chi connectivity index (χ0) is 29.5. The third-order valence-corrected chi connectivity index (χ3v) is 9.92. The molecule has 0 N–H and O–H groups in total. The molecule has 1 aromatic carbocycles. The van der Waals surface area contributed by atoms with E-state index in [1.54, 1.807) is 4.90 Å². The van der Waals surface area contributed by atoms with Gasteiger partial charge < -0.3 is 9.64 Å². The summed E-state index contributed by atoms with van der Waals surface area (Å²) < 4.78 is 89.4. The molecule has 14 heteroatoms. The Hall–Kier alpha value is -3.68. The van der Waals surface area contributed by atoms with Gasteiger partial charge in [0.1, 0.15) is 34.7 Å². The number of carbonyl (C=O) groups is 1. The molecule has 0 radical (unpaired) electrons. The molecule has 1 aliphatic carbocycles. The number of sulfonamides is 1. The number of anilines is 1. The van der Waals surface area contributed by atoms with Crippen molar-refractivity contribution in [1.29, 1.82) is 0 Å². The third kappa shape index (κ3) is 4.25. The summed E-state index contributed by atoms with van der Waals surface area (Å²) in [6, 6.07) is 9.20. The molecule has 1 amide bonds. The van der Waals surface area contributed by atoms with Gasteiger partial charge in [-0.25, -0.2) is 26.8 Å². The molecule has 1 saturated carbocycles. The van der Waals surface area contributed by atoms with Crippen molar-refractivity contribution in [2.45, 2.75) is 62.8 Å². The van der Waals surface area contributed by atoms with E-state index in [0.29, 0.717) is 6.42 Å². The minimum Gasteiger partial charge on any atom is -0.476 e. The van der Waals surface area contributed by atoms with Crippen molar-refractivity contribution in [3.63, 3.8) is 0 Å². The number of hydrogen-bond donors (Lipinski definition) is 0. The van der Waals surface area contributed by atoms with Crippen molar-refractivity contribution >= 4 is 21.7 Å². The number of nitrogens with zero attached hydrogens (tertiary/aromatic N) is 5. The Morgan fingerprint density at radius 3 is 2.46 bits per heavy atom. The largest absolute Gasteiger partial charge is 0.476 e. The third-order valence-electron chi connectivity index (χ3n) is 8.13. The van der Waals surface area contributed by atoms with Crippen molar-refractivity contribution in [1.82, 2.24) is 19.1 Å². The molecule has 2 aliphatic heterocycles. The molecular formula is C27H27F4N5O4S. The Morgan fingerprint density at radius 1 is 1.10 bits per heavy atom. The van der Waals surface area contributed by atoms with Crippen molar-refractivity contribution in [2.75, 3.05) is 11.5 Å². The van der Waals surface area contributed by atoms with Gasteiger partial charge in [0.2, 0.25) is 5.88 Å². The Bertz CT molecular complexity index is 1650. The van der Waals surface area contributed by atoms with Crippen LogP contribution in [0.1, 0.15) is 50.4 Å². The molecule has 1 unspecified atom stereocenters. The van der Waals surface area contributed by atoms with Gasteiger partial charge in [-0.15, -0.1) is 5.10 Å². The molecule has 9 nitrogen and oxygen atoms in total. The maximum Gasteiger partial charge on any atom is 0.397 e. The SMILES string of the molecule is C[C@H]1CC(C)(C)N2c3nc(-n4ccc(OCC5(C(F)(F)F)CC5)n4)ccc3C(=O)N(S(=O)(=O)c3ccccc3F)C12. The minimum absolute atomic E-state index is 0.00642. The zero-order valence-electron chi connectivity index (χ0n) is 22.4. The van der Waals surface area contributed by atoms with E-state index in [2.05, 4.69) is 10.1 Å². The van der Waals surface area contributed by atoms with Crippen molar-refractivity contribution in [3.8, 4) is 11.7 Å². The summed E-state index contributed by atoms with van der Waals surface area (Å²) in [6.45, 7) is 5.09. The van der Waals surface area contributed by atoms with Crippen LogP contribution in [0.3, 0.4) is 0 Å². The molecule has 6 rings (SSSR count). The number of benzene rings is 1. The number of fused-ring (bicyclic) bond motifs is 3. The second-order valence-electron chi connectivity index (χ2n) is 11.5. The number of carbonyl (C=O) groups excluding carboxylic acids is 1. The average Bonchev–Trinajstić information content (AvgIpc) is 3.49. The highest BCUT2D eigenvalue weighted by molar-refractivity contribution is 7.89. The molecule has 3 aliphatic rings. The van der Waals surface area contributed by atoms with Crippen molar-refractivity contribution in [2.24, 2.45) is 11.3 Å². The molecule has 0 bridgehead atoms. The first-order chi connectivity index (χ1) is 19.2. The van der Waals surface area contributed by atoms with Crippen LogP contribution in [0, 0.1) is 17.2 Å². The van der Waals surface area contributed by atoms with Crippen LogP contribution in [0.5, 0.6) is 5.88 Å². The molecule has 3 aromatic rings. The van der Waals surface area contributed by atoms with Gasteiger partial charge >= 0.3 is 6.18 Å². The van der Waals surface area contributed by atoms with Crippen LogP contribution in [-0.4, -0.2) is 57.9 Å². The topological polar surface area (TPSA) is 97.6 Å². The Morgan fingerprint density at radius 2 is 1.80 bits per heavy atom. The molecular weight excluding hydrogens is 566 g/mol. The van der Waals surface area contributed by atoms with Crippen LogP contribution >= 0.6 is 0 Å². The Labute approximate surface area is 233 Å². The number of ether oxygens (including phenoxy) is 1. The number of halogens is 4. The Balaban J connectivity index is 1.37. The quantitative estimate of drug-likeness (QED) is 0.374. The van der Waals surface area contributed by atoms with Crippen LogP contribution in [0.4, 0.5) is 23.4 Å². The van der Waals surface area contributed by atoms with Crippen LogP contribution in [-0.2, 0) is 10.0 Å². The maximum absolute atomic E-state index is 14.7. The van der Waals surface area contributed by atoms with E-state index in [-0.39, 0.29) is 41.8 Å². The van der Waals surface area contributed by atoms with Crippen molar-refractivity contribution < 1.29 is 35.5 Å². The standard InChI is InChI=1S/C27H27F4N5O4S/c1-16-14-25(2,3)35-22-17(24(37)36(23(16)35)41(38,39)19-7-5-4-6-18(19)28)8-9-20(32-22)34-13-10-21(33-34)40-15-26(11-12-26)27(29,30)31/h4-10,13,16,23H,11-12,14-15H2,1-3H3/t16-,23?/m0/s1. The van der Waals surface area contributed by atoms with E-state index < -0.39 is 56.5 Å². The van der Waals surface area contributed by atoms with E-state index in [4.69, 9.17) is 4.74 Å². The summed E-state index contributed by atoms with van der Waals surface area (Å²) in [5.41, 5.74) is -2.47. The van der Waals surface area contributed by atoms with E-state index >= 15 is 0 Å². The first-order valence-corrected chi connectivity index (χ1v) is 14.5. The van der Waals surface area contributed by atoms with Crippen LogP contribution in [0.2, 0.25) is 0 Å². The molecule has 2 atom stereocenters. The van der Waals surface area contributed by atoms with Crippen LogP contribution < -0.4 is 9.64 Å². The number of pyridine rings is 1. The number of amides is 1. The lowest BCUT2D eigenvalue weighted by atomic mass is 9.97. The monoisotopic (exact) mass is 593 g/mol. The molecule has 218 valence electrons. The zero-order valence-corrected chi connectivity index (χ0v) is 23.2. The molecule has 41 heavy (non-hydrogen) atoms. The first kappa shape index (κ1) is 27.5. The van der Waals surface area contributed by atoms with Gasteiger partial charge in [0, 0.05) is 17.8 Å². The minimum atomic E-state index is -4.58. The molecule has 1 saturated heterocycles. The van der Waals surface area contributed by atoms with E-state index in [1.165, 1.54) is 41.2 Å². The van der Waals surface area contributed by atoms with E-state index in [1.807, 2.05) is 20.8 Å². The van der Waals surface area contributed by atoms with E-state index in [9.17, 15) is 30.8 Å². The van der Waals surface area contributed by atoms with Crippen LogP contribution in [0.15, 0.2) is 53.6 Å². The summed E-state index contributed by atoms with van der Waals surface area (Å²) >= 11 is 0. The molecule has 2 aromatic heterocycles. The predicted molar refractivity (Wildman–Crippen MR) is 138 cm³/mol. The Kier molecular flexibility index (Phi) is 5.97. The highest BCUT2D eigenvalue weighted by atomic mass is 32.2. The van der Waals surface area contributed by atoms with Gasteiger partial charge in [0.05, 0.1) is 5.56 Å². The first-order valence-electron chi connectivity index (χ1n) is 13.1. The lowest BCUT2D eigenvalue weighted by molar-refractivity contribution is -0.194. The summed E-state index contributed by atoms with van der Waals surface area (Å²) in [5, 5.41) is 4.21. The fourth-order valence-corrected chi connectivity index (χ4v) is 7.58. The van der Waals surface area contributed by atoms with Gasteiger partial charge in [0.15, 0.2) is 5.82 Å². The number of rotatable bonds is 6. The van der Waals surface area contributed by atoms with Gasteiger partial charge in [-0.1, -0.05) is 19.1 Å². The second kappa shape index (κ2) is 8.91. The smallest absolute Gasteiger partial charge is 0.397 e. The average molecular weight is 594 g/mol. The highest BCUT2D eigenvalue weighted by Gasteiger charge is 2.64. The van der Waals surface area contributed by atoms with Gasteiger partial charge in [-0.05, 0) is 63.3 Å². The summed E-state index contributed by atoms with van der Waals surface area (Å²) in [4.78, 5) is 19.6. The summed E-state index contributed by atoms with van der Waals surface area (Å²) in [7, 11) is -4.58. The normalized spacial score (nSPS) is 22.9. The number of hydrogen-bond acceptors (Lipinski definition) is 7. The van der Waals surface area contributed by atoms with Gasteiger partial charge in [-0.2, -0.15) is 13.2 Å². The molecule has 2 fully saturated rings. The predicted octanol–water partition coefficient (Wildman–Crippen LogP) is 4.92. The lowest BCUT2D eigenvalue weighted by Crippen LogP contribution is -2.60. The fourth-order valence-electron chi connectivity index (χ4n) is 5.90. The van der Waals surface area contributed by atoms with E-state index in [0.717, 1.165) is 16.4 Å². The maximum atomic E-state index is 14.7.